The number of nitrogens with one attached hydrogen (secondary N) is 2. The molecule has 2 aromatic heterocycles. The molecule has 1 aromatic carbocycles. The number of H-pyrrole nitrogens is 1. The van der Waals surface area contributed by atoms with Crippen LogP contribution in [0.1, 0.15) is 44.2 Å². The minimum absolute atomic E-state index is 0.653. The fourth-order valence-corrected chi connectivity index (χ4v) is 4.81. The van der Waals surface area contributed by atoms with E-state index >= 15 is 0 Å². The summed E-state index contributed by atoms with van der Waals surface area (Å²) in [5, 5.41) is 11.6. The Morgan fingerprint density at radius 2 is 1.76 bits per heavy atom. The minimum atomic E-state index is 0.653. The molecule has 0 spiro atoms. The molecular formula is C25H35N7O2. The van der Waals surface area contributed by atoms with Crippen LogP contribution in [0.15, 0.2) is 18.2 Å². The van der Waals surface area contributed by atoms with Gasteiger partial charge in [0.2, 0.25) is 5.95 Å². The van der Waals surface area contributed by atoms with Crippen LogP contribution in [0.4, 0.5) is 17.6 Å². The van der Waals surface area contributed by atoms with Crippen molar-refractivity contribution in [1.29, 1.82) is 0 Å². The monoisotopic (exact) mass is 465 g/mol. The number of fused-ring (bicyclic) bond motifs is 1. The number of piperidine rings is 1. The zero-order valence-corrected chi connectivity index (χ0v) is 20.3. The van der Waals surface area contributed by atoms with Crippen molar-refractivity contribution in [1.82, 2.24) is 25.1 Å². The third-order valence-electron chi connectivity index (χ3n) is 6.64. The second-order valence-electron chi connectivity index (χ2n) is 9.25. The Labute approximate surface area is 200 Å². The van der Waals surface area contributed by atoms with Gasteiger partial charge in [-0.25, -0.2) is 4.98 Å². The SMILES string of the molecule is COc1cc2c(Nc3cc(C)[nH]n3)nc(N3CCCCC3)nc2cc1OCCCN1CCCC1. The van der Waals surface area contributed by atoms with Crippen molar-refractivity contribution in [3.8, 4) is 11.5 Å². The number of rotatable bonds is 9. The fourth-order valence-electron chi connectivity index (χ4n) is 4.81. The summed E-state index contributed by atoms with van der Waals surface area (Å²) >= 11 is 0. The highest BCUT2D eigenvalue weighted by molar-refractivity contribution is 5.94. The van der Waals surface area contributed by atoms with Gasteiger partial charge in [0.15, 0.2) is 17.3 Å². The number of aromatic nitrogens is 4. The Morgan fingerprint density at radius 1 is 0.971 bits per heavy atom. The topological polar surface area (TPSA) is 91.4 Å². The molecule has 2 aliphatic heterocycles. The van der Waals surface area contributed by atoms with E-state index in [1.807, 2.05) is 25.1 Å². The van der Waals surface area contributed by atoms with E-state index in [1.54, 1.807) is 7.11 Å². The molecule has 0 amide bonds. The van der Waals surface area contributed by atoms with Gasteiger partial charge < -0.3 is 24.6 Å². The van der Waals surface area contributed by atoms with E-state index in [0.29, 0.717) is 12.4 Å². The zero-order valence-electron chi connectivity index (χ0n) is 20.3. The first-order valence-electron chi connectivity index (χ1n) is 12.5. The quantitative estimate of drug-likeness (QED) is 0.453. The lowest BCUT2D eigenvalue weighted by atomic mass is 10.1. The maximum atomic E-state index is 6.18. The predicted molar refractivity (Wildman–Crippen MR) is 135 cm³/mol. The molecule has 9 nitrogen and oxygen atoms in total. The van der Waals surface area contributed by atoms with Gasteiger partial charge in [0, 0.05) is 42.8 Å². The summed E-state index contributed by atoms with van der Waals surface area (Å²) in [7, 11) is 1.67. The Bertz CT molecular complexity index is 1100. The molecule has 5 rings (SSSR count). The third kappa shape index (κ3) is 5.19. The molecule has 2 saturated heterocycles. The van der Waals surface area contributed by atoms with E-state index in [1.165, 1.54) is 32.4 Å². The van der Waals surface area contributed by atoms with Crippen LogP contribution >= 0.6 is 0 Å². The largest absolute Gasteiger partial charge is 0.493 e. The van der Waals surface area contributed by atoms with Gasteiger partial charge in [0.1, 0.15) is 5.82 Å². The number of aromatic amines is 1. The van der Waals surface area contributed by atoms with Gasteiger partial charge in [0.05, 0.1) is 19.2 Å². The number of benzene rings is 1. The first-order valence-corrected chi connectivity index (χ1v) is 12.5. The highest BCUT2D eigenvalue weighted by Gasteiger charge is 2.19. The maximum Gasteiger partial charge on any atom is 0.227 e. The van der Waals surface area contributed by atoms with Crippen LogP contribution in [0.3, 0.4) is 0 Å². The molecule has 9 heteroatoms. The van der Waals surface area contributed by atoms with Crippen LogP contribution in [0, 0.1) is 6.92 Å². The standard InChI is InChI=1S/C25H35N7O2/c1-18-15-23(30-29-18)27-24-19-16-21(33-2)22(34-14-8-11-31-9-6-7-10-31)17-20(19)26-25(28-24)32-12-4-3-5-13-32/h15-17H,3-14H2,1-2H3,(H2,26,27,28,29,30). The van der Waals surface area contributed by atoms with Gasteiger partial charge in [-0.1, -0.05) is 0 Å². The van der Waals surface area contributed by atoms with Crippen LogP contribution in [0.25, 0.3) is 10.9 Å². The Hall–Kier alpha value is -3.07. The summed E-state index contributed by atoms with van der Waals surface area (Å²) < 4.78 is 11.9. The molecule has 0 aliphatic carbocycles. The fraction of sp³-hybridized carbons (Fsp3) is 0.560. The van der Waals surface area contributed by atoms with Gasteiger partial charge in [0.25, 0.3) is 0 Å². The van der Waals surface area contributed by atoms with Crippen LogP contribution in [-0.4, -0.2) is 71.5 Å². The summed E-state index contributed by atoms with van der Waals surface area (Å²) in [5.41, 5.74) is 1.82. The molecule has 0 saturated carbocycles. The molecule has 2 fully saturated rings. The minimum Gasteiger partial charge on any atom is -0.493 e. The van der Waals surface area contributed by atoms with E-state index < -0.39 is 0 Å². The Kier molecular flexibility index (Phi) is 6.99. The van der Waals surface area contributed by atoms with E-state index in [0.717, 1.165) is 78.8 Å². The third-order valence-corrected chi connectivity index (χ3v) is 6.64. The van der Waals surface area contributed by atoms with Gasteiger partial charge in [-0.3, -0.25) is 5.10 Å². The van der Waals surface area contributed by atoms with E-state index in [2.05, 4.69) is 25.3 Å². The molecule has 0 unspecified atom stereocenters. The maximum absolute atomic E-state index is 6.18. The van der Waals surface area contributed by atoms with Gasteiger partial charge in [-0.2, -0.15) is 10.1 Å². The number of aryl methyl sites for hydroxylation is 1. The molecule has 2 aliphatic rings. The van der Waals surface area contributed by atoms with Crippen molar-refractivity contribution >= 4 is 28.5 Å². The van der Waals surface area contributed by atoms with E-state index in [9.17, 15) is 0 Å². The molecular weight excluding hydrogens is 430 g/mol. The van der Waals surface area contributed by atoms with E-state index in [-0.39, 0.29) is 0 Å². The van der Waals surface area contributed by atoms with E-state index in [4.69, 9.17) is 19.4 Å². The summed E-state index contributed by atoms with van der Waals surface area (Å²) in [4.78, 5) is 14.6. The number of nitrogens with zero attached hydrogens (tertiary/aromatic N) is 5. The van der Waals surface area contributed by atoms with Gasteiger partial charge in [-0.15, -0.1) is 0 Å². The summed E-state index contributed by atoms with van der Waals surface area (Å²) in [6.07, 6.45) is 7.20. The number of methoxy groups -OCH3 is 1. The molecule has 0 radical (unpaired) electrons. The second kappa shape index (κ2) is 10.5. The lowest BCUT2D eigenvalue weighted by molar-refractivity contribution is 0.254. The molecule has 2 N–H and O–H groups in total. The van der Waals surface area contributed by atoms with Crippen LogP contribution < -0.4 is 19.7 Å². The normalized spacial score (nSPS) is 16.8. The predicted octanol–water partition coefficient (Wildman–Crippen LogP) is 4.27. The number of hydrogen-bond donors (Lipinski definition) is 2. The lowest BCUT2D eigenvalue weighted by Gasteiger charge is -2.27. The average molecular weight is 466 g/mol. The number of ether oxygens (including phenoxy) is 2. The highest BCUT2D eigenvalue weighted by atomic mass is 16.5. The lowest BCUT2D eigenvalue weighted by Crippen LogP contribution is -2.31. The van der Waals surface area contributed by atoms with Crippen molar-refractivity contribution < 1.29 is 9.47 Å². The summed E-state index contributed by atoms with van der Waals surface area (Å²) in [5.74, 6) is 3.59. The Balaban J connectivity index is 1.43. The first-order chi connectivity index (χ1) is 16.7. The second-order valence-corrected chi connectivity index (χ2v) is 9.25. The molecule has 0 bridgehead atoms. The molecule has 34 heavy (non-hydrogen) atoms. The summed E-state index contributed by atoms with van der Waals surface area (Å²) in [6, 6.07) is 5.91. The molecule has 182 valence electrons. The summed E-state index contributed by atoms with van der Waals surface area (Å²) in [6.45, 7) is 8.08. The smallest absolute Gasteiger partial charge is 0.227 e. The van der Waals surface area contributed by atoms with Crippen molar-refractivity contribution in [2.24, 2.45) is 0 Å². The number of hydrogen-bond acceptors (Lipinski definition) is 8. The van der Waals surface area contributed by atoms with Gasteiger partial charge in [-0.05, 0) is 64.6 Å². The van der Waals surface area contributed by atoms with Crippen molar-refractivity contribution in [2.45, 2.75) is 45.4 Å². The molecule has 0 atom stereocenters. The molecule has 4 heterocycles. The zero-order chi connectivity index (χ0) is 23.3. The van der Waals surface area contributed by atoms with Gasteiger partial charge >= 0.3 is 0 Å². The van der Waals surface area contributed by atoms with Crippen LogP contribution in [0.5, 0.6) is 11.5 Å². The van der Waals surface area contributed by atoms with Crippen molar-refractivity contribution in [3.63, 3.8) is 0 Å². The Morgan fingerprint density at radius 3 is 2.50 bits per heavy atom. The number of likely N-dealkylation sites (tertiary alicyclic amines) is 1. The van der Waals surface area contributed by atoms with Crippen molar-refractivity contribution in [3.05, 3.63) is 23.9 Å². The first kappa shape index (κ1) is 22.7. The molecule has 3 aromatic rings. The average Bonchev–Trinajstić information content (AvgIpc) is 3.53. The highest BCUT2D eigenvalue weighted by Crippen LogP contribution is 2.36. The van der Waals surface area contributed by atoms with Crippen molar-refractivity contribution in [2.75, 3.05) is 56.7 Å². The van der Waals surface area contributed by atoms with Crippen LogP contribution in [0.2, 0.25) is 0 Å². The van der Waals surface area contributed by atoms with Crippen LogP contribution in [-0.2, 0) is 0 Å². The number of anilines is 3.